The second-order valence-corrected chi connectivity index (χ2v) is 7.29. The molecule has 0 atom stereocenters. The Kier molecular flexibility index (Phi) is 6.88. The molecule has 9 heteroatoms. The van der Waals surface area contributed by atoms with Crippen molar-refractivity contribution < 1.29 is 23.6 Å². The number of pyridine rings is 1. The largest absolute Gasteiger partial charge is 0.439 e. The molecule has 1 aliphatic rings. The van der Waals surface area contributed by atoms with Gasteiger partial charge in [0.25, 0.3) is 0 Å². The predicted octanol–water partition coefficient (Wildman–Crippen LogP) is 2.69. The third-order valence-electron chi connectivity index (χ3n) is 4.89. The van der Waals surface area contributed by atoms with Gasteiger partial charge in [-0.05, 0) is 24.3 Å². The molecule has 4 rings (SSSR count). The summed E-state index contributed by atoms with van der Waals surface area (Å²) in [5.41, 5.74) is 1.43. The molecular weight excluding hydrogens is 412 g/mol. The standard InChI is InChI=1S/C23H24N4O5/c1-17(28)32-27(15-19-9-5-6-10-24-19)23(29)21-20(16-26-11-13-30-14-12-26)31-22(25-21)18-7-3-2-4-8-18/h2-10H,11-16H2,1H3. The lowest BCUT2D eigenvalue weighted by molar-refractivity contribution is -0.177. The van der Waals surface area contributed by atoms with Gasteiger partial charge in [0.15, 0.2) is 11.5 Å². The summed E-state index contributed by atoms with van der Waals surface area (Å²) < 4.78 is 11.4. The molecule has 3 aromatic rings. The van der Waals surface area contributed by atoms with Crippen LogP contribution in [0.2, 0.25) is 0 Å². The van der Waals surface area contributed by atoms with Crippen LogP contribution in [0, 0.1) is 0 Å². The van der Waals surface area contributed by atoms with E-state index in [9.17, 15) is 9.59 Å². The van der Waals surface area contributed by atoms with Gasteiger partial charge in [-0.25, -0.2) is 4.98 Å². The first-order valence-electron chi connectivity index (χ1n) is 10.4. The molecule has 1 fully saturated rings. The summed E-state index contributed by atoms with van der Waals surface area (Å²) in [6, 6.07) is 14.7. The van der Waals surface area contributed by atoms with Crippen LogP contribution in [0.5, 0.6) is 0 Å². The first kappa shape index (κ1) is 21.7. The van der Waals surface area contributed by atoms with E-state index >= 15 is 0 Å². The Bertz CT molecular complexity index is 1050. The highest BCUT2D eigenvalue weighted by Gasteiger charge is 2.29. The molecule has 32 heavy (non-hydrogen) atoms. The van der Waals surface area contributed by atoms with Crippen LogP contribution < -0.4 is 0 Å². The van der Waals surface area contributed by atoms with Gasteiger partial charge in [-0.3, -0.25) is 19.5 Å². The molecule has 3 heterocycles. The lowest BCUT2D eigenvalue weighted by atomic mass is 10.2. The number of rotatable bonds is 6. The lowest BCUT2D eigenvalue weighted by Crippen LogP contribution is -2.37. The summed E-state index contributed by atoms with van der Waals surface area (Å²) >= 11 is 0. The molecule has 1 aromatic carbocycles. The number of amides is 1. The van der Waals surface area contributed by atoms with Crippen LogP contribution in [-0.4, -0.2) is 58.1 Å². The lowest BCUT2D eigenvalue weighted by Gasteiger charge is -2.26. The monoisotopic (exact) mass is 436 g/mol. The normalized spacial score (nSPS) is 14.2. The van der Waals surface area contributed by atoms with Gasteiger partial charge in [0, 0.05) is 31.8 Å². The van der Waals surface area contributed by atoms with E-state index in [-0.39, 0.29) is 12.2 Å². The highest BCUT2D eigenvalue weighted by atomic mass is 16.7. The summed E-state index contributed by atoms with van der Waals surface area (Å²) in [5, 5.41) is 0.972. The van der Waals surface area contributed by atoms with Crippen molar-refractivity contribution in [2.75, 3.05) is 26.3 Å². The Morgan fingerprint density at radius 2 is 1.84 bits per heavy atom. The summed E-state index contributed by atoms with van der Waals surface area (Å²) in [6.07, 6.45) is 1.61. The van der Waals surface area contributed by atoms with Crippen LogP contribution >= 0.6 is 0 Å². The molecule has 1 aliphatic heterocycles. The molecule has 0 bridgehead atoms. The number of aromatic nitrogens is 2. The molecule has 0 saturated carbocycles. The SMILES string of the molecule is CC(=O)ON(Cc1ccccn1)C(=O)c1nc(-c2ccccc2)oc1CN1CCOCC1. The van der Waals surface area contributed by atoms with Crippen LogP contribution in [0.4, 0.5) is 0 Å². The molecule has 0 N–H and O–H groups in total. The van der Waals surface area contributed by atoms with Gasteiger partial charge in [0.05, 0.1) is 25.5 Å². The van der Waals surface area contributed by atoms with Crippen LogP contribution in [0.1, 0.15) is 28.9 Å². The average Bonchev–Trinajstić information content (AvgIpc) is 3.23. The summed E-state index contributed by atoms with van der Waals surface area (Å²) in [5.74, 6) is -0.442. The molecule has 9 nitrogen and oxygen atoms in total. The molecule has 1 amide bonds. The number of oxazole rings is 1. The number of morpholine rings is 1. The van der Waals surface area contributed by atoms with E-state index in [1.54, 1.807) is 24.4 Å². The van der Waals surface area contributed by atoms with Gasteiger partial charge in [-0.1, -0.05) is 24.3 Å². The minimum Gasteiger partial charge on any atom is -0.439 e. The first-order valence-corrected chi connectivity index (χ1v) is 10.4. The van der Waals surface area contributed by atoms with Crippen molar-refractivity contribution in [2.45, 2.75) is 20.0 Å². The maximum atomic E-state index is 13.4. The number of ether oxygens (including phenoxy) is 1. The fourth-order valence-corrected chi connectivity index (χ4v) is 3.35. The highest BCUT2D eigenvalue weighted by Crippen LogP contribution is 2.25. The number of hydroxylamine groups is 2. The summed E-state index contributed by atoms with van der Waals surface area (Å²) in [7, 11) is 0. The molecule has 2 aromatic heterocycles. The third-order valence-corrected chi connectivity index (χ3v) is 4.89. The van der Waals surface area contributed by atoms with Crippen molar-refractivity contribution in [3.8, 4) is 11.5 Å². The topological polar surface area (TPSA) is 98.0 Å². The second kappa shape index (κ2) is 10.2. The number of benzene rings is 1. The maximum absolute atomic E-state index is 13.4. The van der Waals surface area contributed by atoms with Crippen molar-refractivity contribution in [3.63, 3.8) is 0 Å². The fraction of sp³-hybridized carbons (Fsp3) is 0.304. The molecule has 0 spiro atoms. The van der Waals surface area contributed by atoms with Crippen LogP contribution in [0.15, 0.2) is 59.1 Å². The number of carbonyl (C=O) groups is 2. The van der Waals surface area contributed by atoms with Crippen molar-refractivity contribution in [3.05, 3.63) is 71.9 Å². The predicted molar refractivity (Wildman–Crippen MR) is 114 cm³/mol. The molecule has 0 aliphatic carbocycles. The zero-order valence-electron chi connectivity index (χ0n) is 17.8. The smallest absolute Gasteiger partial charge is 0.329 e. The minimum absolute atomic E-state index is 0.0101. The molecule has 1 saturated heterocycles. The number of hydrogen-bond acceptors (Lipinski definition) is 8. The third kappa shape index (κ3) is 5.37. The first-order chi connectivity index (χ1) is 15.6. The van der Waals surface area contributed by atoms with Gasteiger partial charge in [-0.2, -0.15) is 5.06 Å². The Morgan fingerprint density at radius 3 is 2.53 bits per heavy atom. The van der Waals surface area contributed by atoms with Crippen LogP contribution in [0.3, 0.4) is 0 Å². The van der Waals surface area contributed by atoms with E-state index in [0.717, 1.165) is 23.7 Å². The second-order valence-electron chi connectivity index (χ2n) is 7.29. The Hall–Kier alpha value is -3.56. The van der Waals surface area contributed by atoms with Gasteiger partial charge in [0.2, 0.25) is 5.89 Å². The van der Waals surface area contributed by atoms with E-state index in [1.165, 1.54) is 6.92 Å². The molecular formula is C23H24N4O5. The summed E-state index contributed by atoms with van der Waals surface area (Å²) in [4.78, 5) is 41.2. The number of carbonyl (C=O) groups excluding carboxylic acids is 2. The van der Waals surface area contributed by atoms with Crippen molar-refractivity contribution >= 4 is 11.9 Å². The highest BCUT2D eigenvalue weighted by molar-refractivity contribution is 5.93. The van der Waals surface area contributed by atoms with Crippen molar-refractivity contribution in [1.29, 1.82) is 0 Å². The zero-order valence-corrected chi connectivity index (χ0v) is 17.8. The zero-order chi connectivity index (χ0) is 22.3. The summed E-state index contributed by atoms with van der Waals surface area (Å²) in [6.45, 7) is 4.29. The van der Waals surface area contributed by atoms with E-state index in [0.29, 0.717) is 37.1 Å². The Morgan fingerprint density at radius 1 is 1.09 bits per heavy atom. The van der Waals surface area contributed by atoms with E-state index in [1.807, 2.05) is 30.3 Å². The van der Waals surface area contributed by atoms with Gasteiger partial charge >= 0.3 is 11.9 Å². The average molecular weight is 436 g/mol. The molecule has 166 valence electrons. The van der Waals surface area contributed by atoms with Crippen LogP contribution in [-0.2, 0) is 27.5 Å². The molecule has 0 unspecified atom stereocenters. The fourth-order valence-electron chi connectivity index (χ4n) is 3.35. The molecule has 0 radical (unpaired) electrons. The van der Waals surface area contributed by atoms with Gasteiger partial charge in [-0.15, -0.1) is 0 Å². The maximum Gasteiger partial charge on any atom is 0.329 e. The number of nitrogens with zero attached hydrogens (tertiary/aromatic N) is 4. The van der Waals surface area contributed by atoms with Crippen LogP contribution in [0.25, 0.3) is 11.5 Å². The Balaban J connectivity index is 1.66. The van der Waals surface area contributed by atoms with Gasteiger partial charge < -0.3 is 14.0 Å². The van der Waals surface area contributed by atoms with E-state index in [4.69, 9.17) is 14.0 Å². The van der Waals surface area contributed by atoms with Gasteiger partial charge in [0.1, 0.15) is 6.54 Å². The van der Waals surface area contributed by atoms with E-state index < -0.39 is 11.9 Å². The van der Waals surface area contributed by atoms with E-state index in [2.05, 4.69) is 14.9 Å². The minimum atomic E-state index is -0.615. The van der Waals surface area contributed by atoms with Crippen molar-refractivity contribution in [1.82, 2.24) is 19.9 Å². The Labute approximate surface area is 185 Å². The quantitative estimate of drug-likeness (QED) is 0.544. The number of hydrogen-bond donors (Lipinski definition) is 0. The van der Waals surface area contributed by atoms with Crippen molar-refractivity contribution in [2.24, 2.45) is 0 Å².